The van der Waals surface area contributed by atoms with Gasteiger partial charge in [-0.3, -0.25) is 9.36 Å². The van der Waals surface area contributed by atoms with Crippen LogP contribution in [0.25, 0.3) is 0 Å². The van der Waals surface area contributed by atoms with Gasteiger partial charge >= 0.3 is 5.69 Å². The first-order chi connectivity index (χ1) is 13.0. The summed E-state index contributed by atoms with van der Waals surface area (Å²) < 4.78 is 3.02. The lowest BCUT2D eigenvalue weighted by Gasteiger charge is -2.24. The maximum atomic E-state index is 12.5. The number of nitrogens with one attached hydrogen (secondary N) is 1. The number of hydrogen-bond donors (Lipinski definition) is 1. The molecule has 1 aromatic heterocycles. The largest absolute Gasteiger partial charge is 0.353 e. The van der Waals surface area contributed by atoms with Crippen molar-refractivity contribution in [2.24, 2.45) is 0 Å². The predicted molar refractivity (Wildman–Crippen MR) is 105 cm³/mol. The normalized spacial score (nSPS) is 15.2. The van der Waals surface area contributed by atoms with Gasteiger partial charge in [-0.2, -0.15) is 5.10 Å². The Bertz CT molecular complexity index is 810. The van der Waals surface area contributed by atoms with E-state index < -0.39 is 0 Å². The number of aryl methyl sites for hydroxylation is 1. The number of rotatable bonds is 7. The predicted octanol–water partition coefficient (Wildman–Crippen LogP) is 1.06. The van der Waals surface area contributed by atoms with Crippen LogP contribution in [0.2, 0.25) is 0 Å². The lowest BCUT2D eigenvalue weighted by Crippen LogP contribution is -2.43. The number of likely N-dealkylation sites (N-methyl/N-ethyl adjacent to an activating group) is 1. The number of aromatic nitrogens is 3. The molecule has 0 spiro atoms. The molecular formula is C20H29N5O2. The third-order valence-electron chi connectivity index (χ3n) is 5.15. The second-order valence-corrected chi connectivity index (χ2v) is 7.43. The van der Waals surface area contributed by atoms with Crippen LogP contribution in [0.3, 0.4) is 0 Å². The summed E-state index contributed by atoms with van der Waals surface area (Å²) in [5.41, 5.74) is 1.06. The minimum atomic E-state index is -0.176. The van der Waals surface area contributed by atoms with E-state index in [2.05, 4.69) is 27.4 Å². The Morgan fingerprint density at radius 1 is 1.22 bits per heavy atom. The van der Waals surface area contributed by atoms with Gasteiger partial charge in [0.2, 0.25) is 5.91 Å². The number of carbonyl (C=O) groups excluding carboxylic acids is 1. The third-order valence-corrected chi connectivity index (χ3v) is 5.15. The van der Waals surface area contributed by atoms with Gasteiger partial charge in [-0.15, -0.1) is 0 Å². The van der Waals surface area contributed by atoms with Crippen LogP contribution in [0.4, 0.5) is 0 Å². The van der Waals surface area contributed by atoms with Gasteiger partial charge in [0.05, 0.1) is 0 Å². The Hall–Kier alpha value is -2.41. The molecule has 27 heavy (non-hydrogen) atoms. The smallest absolute Gasteiger partial charge is 0.346 e. The third kappa shape index (κ3) is 5.07. The fourth-order valence-electron chi connectivity index (χ4n) is 3.48. The highest BCUT2D eigenvalue weighted by Gasteiger charge is 2.18. The van der Waals surface area contributed by atoms with Gasteiger partial charge in [0.15, 0.2) is 0 Å². The molecule has 1 aliphatic rings. The molecule has 2 heterocycles. The van der Waals surface area contributed by atoms with Crippen molar-refractivity contribution >= 4 is 5.91 Å². The van der Waals surface area contributed by atoms with Crippen molar-refractivity contribution in [2.45, 2.75) is 51.2 Å². The van der Waals surface area contributed by atoms with Crippen LogP contribution in [0.5, 0.6) is 0 Å². The van der Waals surface area contributed by atoms with Crippen LogP contribution in [0.15, 0.2) is 35.1 Å². The Labute approximate surface area is 160 Å². The Morgan fingerprint density at radius 2 is 2.00 bits per heavy atom. The summed E-state index contributed by atoms with van der Waals surface area (Å²) >= 11 is 0. The number of carbonyl (C=O) groups is 1. The molecule has 146 valence electrons. The average molecular weight is 371 g/mol. The molecule has 0 aliphatic carbocycles. The molecule has 1 aromatic carbocycles. The number of benzene rings is 1. The maximum absolute atomic E-state index is 12.5. The van der Waals surface area contributed by atoms with Crippen molar-refractivity contribution in [1.82, 2.24) is 24.6 Å². The molecule has 1 N–H and O–H groups in total. The van der Waals surface area contributed by atoms with E-state index in [1.807, 2.05) is 32.3 Å². The highest BCUT2D eigenvalue weighted by Crippen LogP contribution is 2.10. The van der Waals surface area contributed by atoms with Crippen molar-refractivity contribution in [3.05, 3.63) is 52.2 Å². The van der Waals surface area contributed by atoms with Crippen molar-refractivity contribution < 1.29 is 4.79 Å². The second kappa shape index (κ2) is 8.99. The molecule has 2 aromatic rings. The average Bonchev–Trinajstić information content (AvgIpc) is 2.82. The highest BCUT2D eigenvalue weighted by molar-refractivity contribution is 5.75. The van der Waals surface area contributed by atoms with Crippen molar-refractivity contribution in [1.29, 1.82) is 0 Å². The van der Waals surface area contributed by atoms with Crippen LogP contribution < -0.4 is 11.0 Å². The van der Waals surface area contributed by atoms with Gasteiger partial charge in [0, 0.05) is 25.6 Å². The van der Waals surface area contributed by atoms with E-state index in [1.54, 1.807) is 4.57 Å². The summed E-state index contributed by atoms with van der Waals surface area (Å²) in [5, 5.41) is 7.34. The van der Waals surface area contributed by atoms with Gasteiger partial charge in [-0.25, -0.2) is 9.48 Å². The lowest BCUT2D eigenvalue weighted by molar-refractivity contribution is -0.122. The highest BCUT2D eigenvalue weighted by atomic mass is 16.2. The number of hydrogen-bond acceptors (Lipinski definition) is 4. The fraction of sp³-hybridized carbons (Fsp3) is 0.550. The number of nitrogens with zero attached hydrogens (tertiary/aromatic N) is 4. The first-order valence-corrected chi connectivity index (χ1v) is 9.68. The van der Waals surface area contributed by atoms with Gasteiger partial charge in [-0.1, -0.05) is 36.8 Å². The summed E-state index contributed by atoms with van der Waals surface area (Å²) in [4.78, 5) is 27.0. The van der Waals surface area contributed by atoms with Crippen LogP contribution in [0.1, 0.15) is 30.7 Å². The lowest BCUT2D eigenvalue weighted by atomic mass is 10.1. The molecule has 7 nitrogen and oxygen atoms in total. The fourth-order valence-corrected chi connectivity index (χ4v) is 3.48. The molecule has 1 atom stereocenters. The number of amides is 1. The molecule has 1 unspecified atom stereocenters. The van der Waals surface area contributed by atoms with Crippen LogP contribution >= 0.6 is 0 Å². The van der Waals surface area contributed by atoms with Crippen molar-refractivity contribution in [3.63, 3.8) is 0 Å². The van der Waals surface area contributed by atoms with E-state index in [4.69, 9.17) is 0 Å². The summed E-state index contributed by atoms with van der Waals surface area (Å²) in [7, 11) is 4.02. The zero-order valence-electron chi connectivity index (χ0n) is 16.2. The van der Waals surface area contributed by atoms with E-state index in [9.17, 15) is 9.59 Å². The monoisotopic (exact) mass is 371 g/mol. The van der Waals surface area contributed by atoms with Crippen LogP contribution in [-0.2, 0) is 30.7 Å². The molecule has 3 rings (SSSR count). The van der Waals surface area contributed by atoms with E-state index in [0.29, 0.717) is 13.1 Å². The molecule has 0 saturated carbocycles. The molecular weight excluding hydrogens is 342 g/mol. The van der Waals surface area contributed by atoms with Gasteiger partial charge in [-0.05, 0) is 38.9 Å². The Morgan fingerprint density at radius 3 is 2.74 bits per heavy atom. The quantitative estimate of drug-likeness (QED) is 0.790. The molecule has 0 saturated heterocycles. The van der Waals surface area contributed by atoms with E-state index in [0.717, 1.165) is 37.9 Å². The maximum Gasteiger partial charge on any atom is 0.346 e. The molecule has 7 heteroatoms. The minimum Gasteiger partial charge on any atom is -0.353 e. The standard InChI is InChI=1S/C20H29N5O2/c1-23(2)17(13-16-9-5-3-6-10-16)14-21-19(26)15-25-20(27)24-12-8-4-7-11-18(24)22-25/h3,5-6,9-10,17H,4,7-8,11-15H2,1-2H3,(H,21,26). The summed E-state index contributed by atoms with van der Waals surface area (Å²) in [5.74, 6) is 0.630. The van der Waals surface area contributed by atoms with Crippen LogP contribution in [-0.4, -0.2) is 51.8 Å². The zero-order chi connectivity index (χ0) is 19.2. The number of fused-ring (bicyclic) bond motifs is 1. The molecule has 0 bridgehead atoms. The summed E-state index contributed by atoms with van der Waals surface area (Å²) in [6, 6.07) is 10.4. The summed E-state index contributed by atoms with van der Waals surface area (Å²) in [6.07, 6.45) is 4.83. The van der Waals surface area contributed by atoms with Gasteiger partial charge < -0.3 is 10.2 Å². The van der Waals surface area contributed by atoms with Gasteiger partial charge in [0.25, 0.3) is 0 Å². The first kappa shape index (κ1) is 19.4. The summed E-state index contributed by atoms with van der Waals surface area (Å²) in [6.45, 7) is 1.21. The van der Waals surface area contributed by atoms with Gasteiger partial charge in [0.1, 0.15) is 12.4 Å². The second-order valence-electron chi connectivity index (χ2n) is 7.43. The van der Waals surface area contributed by atoms with Crippen molar-refractivity contribution in [2.75, 3.05) is 20.6 Å². The zero-order valence-corrected chi connectivity index (χ0v) is 16.2. The molecule has 0 fully saturated rings. The van der Waals surface area contributed by atoms with E-state index >= 15 is 0 Å². The van der Waals surface area contributed by atoms with Crippen molar-refractivity contribution in [3.8, 4) is 0 Å². The topological polar surface area (TPSA) is 72.2 Å². The van der Waals surface area contributed by atoms with E-state index in [1.165, 1.54) is 10.2 Å². The van der Waals surface area contributed by atoms with E-state index in [-0.39, 0.29) is 24.2 Å². The Balaban J connectivity index is 1.58. The SMILES string of the molecule is CN(C)C(CNC(=O)Cn1nc2n(c1=O)CCCCC2)Cc1ccccc1. The van der Waals surface area contributed by atoms with Crippen LogP contribution in [0, 0.1) is 0 Å². The minimum absolute atomic E-state index is 0.0235. The first-order valence-electron chi connectivity index (χ1n) is 9.68. The molecule has 0 radical (unpaired) electrons. The Kier molecular flexibility index (Phi) is 6.45. The molecule has 1 aliphatic heterocycles. The molecule has 1 amide bonds.